The number of fused-ring (bicyclic) bond motifs is 1. The molecule has 1 aromatic carbocycles. The van der Waals surface area contributed by atoms with Gasteiger partial charge in [-0.05, 0) is 37.5 Å². The molecule has 1 aromatic heterocycles. The van der Waals surface area contributed by atoms with Crippen LogP contribution in [0.3, 0.4) is 0 Å². The van der Waals surface area contributed by atoms with Gasteiger partial charge in [-0.25, -0.2) is 4.98 Å². The molecular formula is C15H18N2O2S. The summed E-state index contributed by atoms with van der Waals surface area (Å²) >= 11 is 1.71. The minimum Gasteiger partial charge on any atom is -0.497 e. The number of nitrogens with zero attached hydrogens (tertiary/aromatic N) is 1. The van der Waals surface area contributed by atoms with E-state index in [0.717, 1.165) is 47.0 Å². The second-order valence-corrected chi connectivity index (χ2v) is 5.98. The quantitative estimate of drug-likeness (QED) is 0.943. The Morgan fingerprint density at radius 3 is 2.85 bits per heavy atom. The summed E-state index contributed by atoms with van der Waals surface area (Å²) in [5, 5.41) is 0.961. The molecule has 0 aliphatic heterocycles. The van der Waals surface area contributed by atoms with Gasteiger partial charge in [-0.3, -0.25) is 0 Å². The number of nitrogens with two attached hydrogens (primary N) is 1. The van der Waals surface area contributed by atoms with E-state index >= 15 is 0 Å². The molecule has 0 saturated carbocycles. The Hall–Kier alpha value is -1.59. The number of aryl methyl sites for hydroxylation is 1. The topological polar surface area (TPSA) is 57.4 Å². The minimum absolute atomic E-state index is 0.0698. The lowest BCUT2D eigenvalue weighted by Crippen LogP contribution is -2.16. The summed E-state index contributed by atoms with van der Waals surface area (Å²) in [6, 6.07) is 5.84. The maximum absolute atomic E-state index is 6.15. The molecule has 20 heavy (non-hydrogen) atoms. The van der Waals surface area contributed by atoms with Crippen molar-refractivity contribution in [2.45, 2.75) is 25.3 Å². The molecule has 0 spiro atoms. The summed E-state index contributed by atoms with van der Waals surface area (Å²) in [5.41, 5.74) is 8.18. The normalized spacial score (nSPS) is 17.6. The van der Waals surface area contributed by atoms with Crippen LogP contribution in [0.5, 0.6) is 11.5 Å². The molecule has 0 amide bonds. The second kappa shape index (κ2) is 5.42. The van der Waals surface area contributed by atoms with E-state index in [9.17, 15) is 0 Å². The number of ether oxygens (including phenoxy) is 2. The van der Waals surface area contributed by atoms with Gasteiger partial charge in [0, 0.05) is 10.9 Å². The van der Waals surface area contributed by atoms with Crippen LogP contribution in [-0.2, 0) is 6.42 Å². The summed E-state index contributed by atoms with van der Waals surface area (Å²) in [4.78, 5) is 6.05. The van der Waals surface area contributed by atoms with E-state index in [2.05, 4.69) is 0 Å². The molecule has 1 heterocycles. The summed E-state index contributed by atoms with van der Waals surface area (Å²) in [6.45, 7) is 0. The van der Waals surface area contributed by atoms with Crippen molar-refractivity contribution in [2.24, 2.45) is 5.73 Å². The van der Waals surface area contributed by atoms with Crippen LogP contribution in [0.15, 0.2) is 18.2 Å². The number of hydrogen-bond donors (Lipinski definition) is 1. The van der Waals surface area contributed by atoms with Crippen molar-refractivity contribution in [1.82, 2.24) is 4.98 Å². The highest BCUT2D eigenvalue weighted by molar-refractivity contribution is 7.15. The third-order valence-corrected chi connectivity index (χ3v) is 4.80. The van der Waals surface area contributed by atoms with Gasteiger partial charge in [0.15, 0.2) is 0 Å². The van der Waals surface area contributed by atoms with Crippen LogP contribution in [0.2, 0.25) is 0 Å². The highest BCUT2D eigenvalue weighted by atomic mass is 32.1. The Morgan fingerprint density at radius 1 is 1.30 bits per heavy atom. The van der Waals surface area contributed by atoms with Crippen LogP contribution >= 0.6 is 11.3 Å². The average molecular weight is 290 g/mol. The van der Waals surface area contributed by atoms with Crippen LogP contribution in [-0.4, -0.2) is 19.2 Å². The maximum Gasteiger partial charge on any atom is 0.129 e. The molecule has 1 aliphatic carbocycles. The van der Waals surface area contributed by atoms with E-state index in [4.69, 9.17) is 20.2 Å². The fraction of sp³-hybridized carbons (Fsp3) is 0.400. The molecule has 2 N–H and O–H groups in total. The first-order valence-electron chi connectivity index (χ1n) is 6.70. The third-order valence-electron chi connectivity index (χ3n) is 3.63. The Bertz CT molecular complexity index is 624. The van der Waals surface area contributed by atoms with E-state index in [1.807, 2.05) is 18.2 Å². The van der Waals surface area contributed by atoms with E-state index in [-0.39, 0.29) is 6.04 Å². The number of methoxy groups -OCH3 is 2. The number of rotatable bonds is 3. The lowest BCUT2D eigenvalue weighted by Gasteiger charge is -2.15. The Morgan fingerprint density at radius 2 is 2.15 bits per heavy atom. The smallest absolute Gasteiger partial charge is 0.129 e. The van der Waals surface area contributed by atoms with Crippen molar-refractivity contribution in [2.75, 3.05) is 14.2 Å². The Balaban J connectivity index is 2.08. The zero-order valence-corrected chi connectivity index (χ0v) is 12.5. The lowest BCUT2D eigenvalue weighted by atomic mass is 9.99. The van der Waals surface area contributed by atoms with Crippen molar-refractivity contribution >= 4 is 11.3 Å². The molecule has 1 unspecified atom stereocenters. The minimum atomic E-state index is 0.0698. The van der Waals surface area contributed by atoms with E-state index in [0.29, 0.717) is 0 Å². The molecule has 5 heteroatoms. The lowest BCUT2D eigenvalue weighted by molar-refractivity contribution is 0.404. The number of hydrogen-bond acceptors (Lipinski definition) is 5. The third kappa shape index (κ3) is 2.27. The van der Waals surface area contributed by atoms with E-state index in [1.165, 1.54) is 4.88 Å². The van der Waals surface area contributed by atoms with Crippen molar-refractivity contribution in [3.05, 3.63) is 28.8 Å². The molecular weight excluding hydrogens is 272 g/mol. The van der Waals surface area contributed by atoms with Gasteiger partial charge in [-0.2, -0.15) is 0 Å². The Labute approximate surface area is 122 Å². The van der Waals surface area contributed by atoms with Crippen molar-refractivity contribution in [3.63, 3.8) is 0 Å². The summed E-state index contributed by atoms with van der Waals surface area (Å²) in [5.74, 6) is 1.61. The molecule has 1 atom stereocenters. The fourth-order valence-electron chi connectivity index (χ4n) is 2.55. The van der Waals surface area contributed by atoms with Gasteiger partial charge >= 0.3 is 0 Å². The molecule has 4 nitrogen and oxygen atoms in total. The van der Waals surface area contributed by atoms with Crippen LogP contribution in [0, 0.1) is 0 Å². The van der Waals surface area contributed by atoms with Gasteiger partial charge in [-0.15, -0.1) is 11.3 Å². The molecule has 3 rings (SSSR count). The number of aromatic nitrogens is 1. The van der Waals surface area contributed by atoms with Crippen molar-refractivity contribution in [3.8, 4) is 22.1 Å². The number of thiazole rings is 1. The standard InChI is InChI=1S/C15H18N2O2S/c1-18-9-6-7-12(19-2)10(8-9)15-17-14-11(16)4-3-5-13(14)20-15/h6-8,11H,3-5,16H2,1-2H3. The van der Waals surface area contributed by atoms with Crippen LogP contribution in [0.1, 0.15) is 29.5 Å². The highest BCUT2D eigenvalue weighted by Crippen LogP contribution is 2.40. The molecule has 0 saturated heterocycles. The second-order valence-electron chi connectivity index (χ2n) is 4.89. The Kier molecular flexibility index (Phi) is 3.63. The first kappa shape index (κ1) is 13.4. The molecule has 0 radical (unpaired) electrons. The largest absolute Gasteiger partial charge is 0.497 e. The van der Waals surface area contributed by atoms with E-state index < -0.39 is 0 Å². The first-order chi connectivity index (χ1) is 9.72. The van der Waals surface area contributed by atoms with Crippen molar-refractivity contribution in [1.29, 1.82) is 0 Å². The molecule has 0 bridgehead atoms. The van der Waals surface area contributed by atoms with Gasteiger partial charge in [-0.1, -0.05) is 0 Å². The van der Waals surface area contributed by atoms with Gasteiger partial charge in [0.1, 0.15) is 16.5 Å². The maximum atomic E-state index is 6.15. The molecule has 1 aliphatic rings. The molecule has 2 aromatic rings. The van der Waals surface area contributed by atoms with Gasteiger partial charge < -0.3 is 15.2 Å². The van der Waals surface area contributed by atoms with Gasteiger partial charge in [0.25, 0.3) is 0 Å². The van der Waals surface area contributed by atoms with E-state index in [1.54, 1.807) is 25.6 Å². The summed E-state index contributed by atoms with van der Waals surface area (Å²) in [6.07, 6.45) is 3.24. The first-order valence-corrected chi connectivity index (χ1v) is 7.52. The zero-order chi connectivity index (χ0) is 14.1. The molecule has 0 fully saturated rings. The summed E-state index contributed by atoms with van der Waals surface area (Å²) < 4.78 is 10.7. The summed E-state index contributed by atoms with van der Waals surface area (Å²) in [7, 11) is 3.33. The molecule has 106 valence electrons. The van der Waals surface area contributed by atoms with Crippen LogP contribution < -0.4 is 15.2 Å². The van der Waals surface area contributed by atoms with Gasteiger partial charge in [0.2, 0.25) is 0 Å². The average Bonchev–Trinajstić information content (AvgIpc) is 2.92. The monoisotopic (exact) mass is 290 g/mol. The van der Waals surface area contributed by atoms with Crippen LogP contribution in [0.4, 0.5) is 0 Å². The number of benzene rings is 1. The zero-order valence-electron chi connectivity index (χ0n) is 11.7. The van der Waals surface area contributed by atoms with Crippen molar-refractivity contribution < 1.29 is 9.47 Å². The predicted molar refractivity (Wildman–Crippen MR) is 80.5 cm³/mol. The van der Waals surface area contributed by atoms with Gasteiger partial charge in [0.05, 0.1) is 25.5 Å². The van der Waals surface area contributed by atoms with Crippen LogP contribution in [0.25, 0.3) is 10.6 Å². The predicted octanol–water partition coefficient (Wildman–Crippen LogP) is 3.16. The SMILES string of the molecule is COc1ccc(OC)c(-c2nc3c(s2)CCCC3N)c1. The highest BCUT2D eigenvalue weighted by Gasteiger charge is 2.23. The fourth-order valence-corrected chi connectivity index (χ4v) is 3.74.